The number of amides is 1. The summed E-state index contributed by atoms with van der Waals surface area (Å²) < 4.78 is 5.33. The van der Waals surface area contributed by atoms with Gasteiger partial charge in [0.25, 0.3) is 5.91 Å². The van der Waals surface area contributed by atoms with E-state index in [1.54, 1.807) is 13.8 Å². The van der Waals surface area contributed by atoms with Crippen molar-refractivity contribution in [3.05, 3.63) is 53.2 Å². The topological polar surface area (TPSA) is 55.1 Å². The average molecular weight is 270 g/mol. The van der Waals surface area contributed by atoms with E-state index in [0.717, 1.165) is 12.8 Å². The van der Waals surface area contributed by atoms with Crippen molar-refractivity contribution in [1.29, 1.82) is 0 Å². The van der Waals surface area contributed by atoms with Crippen molar-refractivity contribution in [2.45, 2.75) is 38.6 Å². The molecular formula is C16H18N2O2. The standard InChI is InChI=1S/C16H18N2O2/c1-10-15(20-11(2)17-10)16(19)18-14-8-13(9-14)12-6-4-3-5-7-12/h3-7,13-14H,8-9H2,1-2H3,(H,18,19). The van der Waals surface area contributed by atoms with Crippen molar-refractivity contribution in [3.8, 4) is 0 Å². The predicted molar refractivity (Wildman–Crippen MR) is 75.6 cm³/mol. The van der Waals surface area contributed by atoms with Crippen LogP contribution in [-0.2, 0) is 0 Å². The van der Waals surface area contributed by atoms with Gasteiger partial charge in [0.1, 0.15) is 0 Å². The molecule has 2 aromatic rings. The van der Waals surface area contributed by atoms with Gasteiger partial charge in [0.15, 0.2) is 5.89 Å². The molecule has 3 rings (SSSR count). The van der Waals surface area contributed by atoms with E-state index in [1.165, 1.54) is 5.56 Å². The van der Waals surface area contributed by atoms with Crippen molar-refractivity contribution in [3.63, 3.8) is 0 Å². The number of aryl methyl sites for hydroxylation is 2. The third-order valence-corrected chi connectivity index (χ3v) is 3.85. The van der Waals surface area contributed by atoms with Gasteiger partial charge in [-0.1, -0.05) is 30.3 Å². The largest absolute Gasteiger partial charge is 0.436 e. The molecule has 0 atom stereocenters. The van der Waals surface area contributed by atoms with E-state index in [1.807, 2.05) is 6.07 Å². The minimum Gasteiger partial charge on any atom is -0.436 e. The lowest BCUT2D eigenvalue weighted by Gasteiger charge is -2.36. The number of oxazole rings is 1. The second kappa shape index (κ2) is 5.12. The van der Waals surface area contributed by atoms with Gasteiger partial charge >= 0.3 is 0 Å². The zero-order valence-electron chi connectivity index (χ0n) is 11.7. The molecule has 1 aromatic carbocycles. The molecule has 0 spiro atoms. The molecule has 0 radical (unpaired) electrons. The molecule has 0 unspecified atom stereocenters. The highest BCUT2D eigenvalue weighted by atomic mass is 16.4. The number of hydrogen-bond donors (Lipinski definition) is 1. The van der Waals surface area contributed by atoms with Crippen LogP contribution in [-0.4, -0.2) is 16.9 Å². The Hall–Kier alpha value is -2.10. The van der Waals surface area contributed by atoms with Crippen LogP contribution < -0.4 is 5.32 Å². The summed E-state index contributed by atoms with van der Waals surface area (Å²) in [5, 5.41) is 3.01. The van der Waals surface area contributed by atoms with Crippen LogP contribution in [0.15, 0.2) is 34.7 Å². The number of rotatable bonds is 3. The van der Waals surface area contributed by atoms with Crippen LogP contribution in [0, 0.1) is 13.8 Å². The molecule has 104 valence electrons. The molecule has 0 saturated heterocycles. The Bertz CT molecular complexity index is 613. The molecule has 1 aliphatic rings. The maximum Gasteiger partial charge on any atom is 0.289 e. The second-order valence-corrected chi connectivity index (χ2v) is 5.40. The van der Waals surface area contributed by atoms with Gasteiger partial charge in [0.2, 0.25) is 5.76 Å². The Morgan fingerprint density at radius 3 is 2.55 bits per heavy atom. The normalized spacial score (nSPS) is 21.3. The number of hydrogen-bond acceptors (Lipinski definition) is 3. The van der Waals surface area contributed by atoms with E-state index < -0.39 is 0 Å². The van der Waals surface area contributed by atoms with Crippen LogP contribution in [0.4, 0.5) is 0 Å². The van der Waals surface area contributed by atoms with Crippen molar-refractivity contribution < 1.29 is 9.21 Å². The molecule has 1 amide bonds. The SMILES string of the molecule is Cc1nc(C)c(C(=O)NC2CC(c3ccccc3)C2)o1. The van der Waals surface area contributed by atoms with E-state index in [2.05, 4.69) is 34.6 Å². The number of benzene rings is 1. The summed E-state index contributed by atoms with van der Waals surface area (Å²) in [5.41, 5.74) is 2.00. The number of nitrogens with zero attached hydrogens (tertiary/aromatic N) is 1. The molecule has 1 heterocycles. The van der Waals surface area contributed by atoms with E-state index in [-0.39, 0.29) is 11.9 Å². The molecule has 0 aliphatic heterocycles. The van der Waals surface area contributed by atoms with Gasteiger partial charge in [-0.25, -0.2) is 4.98 Å². The molecular weight excluding hydrogens is 252 g/mol. The molecule has 4 nitrogen and oxygen atoms in total. The first kappa shape index (κ1) is 12.9. The zero-order valence-corrected chi connectivity index (χ0v) is 11.7. The maximum absolute atomic E-state index is 12.1. The quantitative estimate of drug-likeness (QED) is 0.932. The van der Waals surface area contributed by atoms with Gasteiger partial charge < -0.3 is 9.73 Å². The fourth-order valence-corrected chi connectivity index (χ4v) is 2.73. The van der Waals surface area contributed by atoms with Gasteiger partial charge in [0, 0.05) is 13.0 Å². The molecule has 1 fully saturated rings. The monoisotopic (exact) mass is 270 g/mol. The molecule has 0 bridgehead atoms. The summed E-state index contributed by atoms with van der Waals surface area (Å²) in [6.07, 6.45) is 1.98. The highest BCUT2D eigenvalue weighted by molar-refractivity contribution is 5.92. The first-order valence-electron chi connectivity index (χ1n) is 6.93. The van der Waals surface area contributed by atoms with Gasteiger partial charge in [-0.2, -0.15) is 0 Å². The van der Waals surface area contributed by atoms with E-state index in [4.69, 9.17) is 4.42 Å². The lowest BCUT2D eigenvalue weighted by molar-refractivity contribution is 0.0878. The Labute approximate surface area is 118 Å². The van der Waals surface area contributed by atoms with E-state index in [0.29, 0.717) is 23.3 Å². The molecule has 4 heteroatoms. The lowest BCUT2D eigenvalue weighted by atomic mass is 9.76. The molecule has 20 heavy (non-hydrogen) atoms. The van der Waals surface area contributed by atoms with E-state index >= 15 is 0 Å². The molecule has 1 N–H and O–H groups in total. The number of aromatic nitrogens is 1. The van der Waals surface area contributed by atoms with Crippen LogP contribution >= 0.6 is 0 Å². The van der Waals surface area contributed by atoms with Crippen LogP contribution in [0.25, 0.3) is 0 Å². The third-order valence-electron chi connectivity index (χ3n) is 3.85. The minimum absolute atomic E-state index is 0.153. The fourth-order valence-electron chi connectivity index (χ4n) is 2.73. The van der Waals surface area contributed by atoms with Gasteiger partial charge in [-0.05, 0) is 31.2 Å². The van der Waals surface area contributed by atoms with Crippen LogP contribution in [0.5, 0.6) is 0 Å². The van der Waals surface area contributed by atoms with Crippen molar-refractivity contribution in [2.75, 3.05) is 0 Å². The summed E-state index contributed by atoms with van der Waals surface area (Å²) >= 11 is 0. The smallest absolute Gasteiger partial charge is 0.289 e. The predicted octanol–water partition coefficient (Wildman–Crippen LogP) is 2.97. The highest BCUT2D eigenvalue weighted by Gasteiger charge is 2.32. The van der Waals surface area contributed by atoms with Crippen molar-refractivity contribution in [2.24, 2.45) is 0 Å². The Morgan fingerprint density at radius 1 is 1.25 bits per heavy atom. The van der Waals surface area contributed by atoms with Crippen LogP contribution in [0.3, 0.4) is 0 Å². The summed E-state index contributed by atoms with van der Waals surface area (Å²) in [4.78, 5) is 16.2. The Morgan fingerprint density at radius 2 is 1.95 bits per heavy atom. The maximum atomic E-state index is 12.1. The summed E-state index contributed by atoms with van der Waals surface area (Å²) in [6.45, 7) is 3.54. The summed E-state index contributed by atoms with van der Waals surface area (Å²) in [6, 6.07) is 10.7. The average Bonchev–Trinajstić information content (AvgIpc) is 2.73. The van der Waals surface area contributed by atoms with Crippen LogP contribution in [0.2, 0.25) is 0 Å². The van der Waals surface area contributed by atoms with Gasteiger partial charge in [-0.3, -0.25) is 4.79 Å². The van der Waals surface area contributed by atoms with Crippen LogP contribution in [0.1, 0.15) is 46.5 Å². The van der Waals surface area contributed by atoms with Crippen molar-refractivity contribution >= 4 is 5.91 Å². The number of nitrogens with one attached hydrogen (secondary N) is 1. The first-order valence-corrected chi connectivity index (χ1v) is 6.93. The molecule has 1 aliphatic carbocycles. The van der Waals surface area contributed by atoms with E-state index in [9.17, 15) is 4.79 Å². The van der Waals surface area contributed by atoms with Gasteiger partial charge in [0.05, 0.1) is 5.69 Å². The molecule has 1 aromatic heterocycles. The number of carbonyl (C=O) groups excluding carboxylic acids is 1. The van der Waals surface area contributed by atoms with Crippen molar-refractivity contribution in [1.82, 2.24) is 10.3 Å². The summed E-state index contributed by atoms with van der Waals surface area (Å²) in [5.74, 6) is 1.27. The third kappa shape index (κ3) is 2.46. The number of carbonyl (C=O) groups is 1. The minimum atomic E-state index is -0.153. The lowest BCUT2D eigenvalue weighted by Crippen LogP contribution is -2.43. The first-order chi connectivity index (χ1) is 9.63. The highest BCUT2D eigenvalue weighted by Crippen LogP contribution is 2.36. The van der Waals surface area contributed by atoms with Gasteiger partial charge in [-0.15, -0.1) is 0 Å². The Kier molecular flexibility index (Phi) is 3.30. The fraction of sp³-hybridized carbons (Fsp3) is 0.375. The summed E-state index contributed by atoms with van der Waals surface area (Å²) in [7, 11) is 0. The molecule has 1 saturated carbocycles. The zero-order chi connectivity index (χ0) is 14.1. The second-order valence-electron chi connectivity index (χ2n) is 5.40. The Balaban J connectivity index is 1.56.